The van der Waals surface area contributed by atoms with Crippen LogP contribution in [-0.4, -0.2) is 26.4 Å². The van der Waals surface area contributed by atoms with Gasteiger partial charge in [0, 0.05) is 14.7 Å². The predicted molar refractivity (Wildman–Crippen MR) is 107 cm³/mol. The van der Waals surface area contributed by atoms with Gasteiger partial charge >= 0.3 is 12.1 Å². The lowest BCUT2D eigenvalue weighted by atomic mass is 10.3. The molecule has 3 aromatic rings. The molecule has 0 heterocycles. The molecule has 30 heavy (non-hydrogen) atoms. The second-order valence-corrected chi connectivity index (χ2v) is 8.78. The summed E-state index contributed by atoms with van der Waals surface area (Å²) in [5, 5.41) is 0. The molecule has 0 bridgehead atoms. The van der Waals surface area contributed by atoms with Gasteiger partial charge in [-0.15, -0.1) is 0 Å². The molecule has 0 unspecified atom stereocenters. The number of carbonyl (C=O) groups excluding carboxylic acids is 1. The quantitative estimate of drug-likeness (QED) is 0.475. The first-order chi connectivity index (χ1) is 14.3. The highest BCUT2D eigenvalue weighted by Gasteiger charge is 2.47. The summed E-state index contributed by atoms with van der Waals surface area (Å²) in [7, 11) is -0.0744. The van der Waals surface area contributed by atoms with Gasteiger partial charge in [0.25, 0.3) is 0 Å². The number of carbonyl (C=O) groups is 1. The zero-order valence-electron chi connectivity index (χ0n) is 16.2. The monoisotopic (exact) mass is 436 g/mol. The van der Waals surface area contributed by atoms with Crippen LogP contribution in [-0.2, 0) is 8.98 Å². The summed E-state index contributed by atoms with van der Waals surface area (Å²) in [6.07, 6.45) is -5.15. The zero-order valence-corrected chi connectivity index (χ0v) is 17.0. The SMILES string of the molecule is COc1ccc(S(OC(=O)C(F)(F)F)(c2ccccc2)c2ccc(OC)cc2)cc1. The third kappa shape index (κ3) is 4.23. The van der Waals surface area contributed by atoms with Crippen molar-refractivity contribution in [3.8, 4) is 11.5 Å². The standard InChI is InChI=1S/C22H19F3O4S/c1-27-16-8-12-19(13-9-16)30(18-6-4-3-5-7-18,29-21(26)22(23,24)25)20-14-10-17(28-2)11-15-20/h3-15H,1-2H3. The molecule has 4 nitrogen and oxygen atoms in total. The Bertz CT molecular complexity index is 940. The van der Waals surface area contributed by atoms with Crippen molar-refractivity contribution in [3.63, 3.8) is 0 Å². The van der Waals surface area contributed by atoms with E-state index in [2.05, 4.69) is 0 Å². The van der Waals surface area contributed by atoms with E-state index in [-0.39, 0.29) is 0 Å². The van der Waals surface area contributed by atoms with Crippen LogP contribution in [0.15, 0.2) is 93.5 Å². The molecule has 0 fully saturated rings. The van der Waals surface area contributed by atoms with Gasteiger partial charge in [-0.05, 0) is 71.0 Å². The Morgan fingerprint density at radius 1 is 0.700 bits per heavy atom. The van der Waals surface area contributed by atoms with Crippen LogP contribution in [0, 0.1) is 0 Å². The molecule has 0 amide bonds. The number of rotatable bonds is 6. The van der Waals surface area contributed by atoms with Gasteiger partial charge < -0.3 is 13.7 Å². The van der Waals surface area contributed by atoms with Crippen molar-refractivity contribution >= 4 is 16.3 Å². The number of ether oxygens (including phenoxy) is 2. The Morgan fingerprint density at radius 2 is 1.10 bits per heavy atom. The van der Waals surface area contributed by atoms with Gasteiger partial charge in [-0.1, -0.05) is 18.2 Å². The molecular weight excluding hydrogens is 417 g/mol. The van der Waals surface area contributed by atoms with Gasteiger partial charge in [0.2, 0.25) is 0 Å². The minimum absolute atomic E-state index is 0.414. The molecule has 0 aliphatic carbocycles. The highest BCUT2D eigenvalue weighted by molar-refractivity contribution is 8.30. The molecule has 0 aliphatic heterocycles. The van der Waals surface area contributed by atoms with E-state index >= 15 is 0 Å². The fourth-order valence-electron chi connectivity index (χ4n) is 2.86. The first-order valence-corrected chi connectivity index (χ1v) is 10.3. The third-order valence-corrected chi connectivity index (χ3v) is 7.50. The van der Waals surface area contributed by atoms with Crippen molar-refractivity contribution in [1.29, 1.82) is 0 Å². The van der Waals surface area contributed by atoms with Gasteiger partial charge in [0.1, 0.15) is 11.5 Å². The first-order valence-electron chi connectivity index (χ1n) is 8.78. The van der Waals surface area contributed by atoms with Crippen molar-refractivity contribution in [2.45, 2.75) is 20.9 Å². The Labute approximate surface area is 173 Å². The summed E-state index contributed by atoms with van der Waals surface area (Å²) in [6, 6.07) is 21.3. The Hall–Kier alpha value is -3.13. The van der Waals surface area contributed by atoms with Crippen LogP contribution < -0.4 is 9.47 Å². The molecule has 0 N–H and O–H groups in total. The minimum atomic E-state index is -5.15. The number of halogens is 3. The fourth-order valence-corrected chi connectivity index (χ4v) is 5.87. The van der Waals surface area contributed by atoms with E-state index in [0.717, 1.165) is 0 Å². The molecule has 0 spiro atoms. The normalized spacial score (nSPS) is 12.2. The molecule has 0 radical (unpaired) electrons. The van der Waals surface area contributed by atoms with Crippen LogP contribution >= 0.6 is 10.3 Å². The predicted octanol–water partition coefficient (Wildman–Crippen LogP) is 6.01. The topological polar surface area (TPSA) is 44.8 Å². The van der Waals surface area contributed by atoms with E-state index in [1.807, 2.05) is 0 Å². The van der Waals surface area contributed by atoms with E-state index < -0.39 is 22.5 Å². The molecule has 0 atom stereocenters. The second kappa shape index (κ2) is 8.71. The van der Waals surface area contributed by atoms with Gasteiger partial charge in [-0.2, -0.15) is 13.2 Å². The van der Waals surface area contributed by atoms with Crippen molar-refractivity contribution in [2.75, 3.05) is 14.2 Å². The largest absolute Gasteiger partial charge is 0.497 e. The molecule has 8 heteroatoms. The maximum absolute atomic E-state index is 13.3. The zero-order chi connectivity index (χ0) is 21.8. The summed E-state index contributed by atoms with van der Waals surface area (Å²) in [5.41, 5.74) is 0. The number of alkyl halides is 3. The second-order valence-electron chi connectivity index (χ2n) is 6.09. The highest BCUT2D eigenvalue weighted by atomic mass is 32.3. The molecule has 0 aromatic heterocycles. The van der Waals surface area contributed by atoms with Crippen LogP contribution in [0.1, 0.15) is 0 Å². The maximum Gasteiger partial charge on any atom is 0.491 e. The Morgan fingerprint density at radius 3 is 1.47 bits per heavy atom. The molecule has 3 aromatic carbocycles. The van der Waals surface area contributed by atoms with E-state index in [4.69, 9.17) is 13.7 Å². The summed E-state index contributed by atoms with van der Waals surface area (Å²) in [6.45, 7) is 0. The van der Waals surface area contributed by atoms with Crippen LogP contribution in [0.3, 0.4) is 0 Å². The van der Waals surface area contributed by atoms with Gasteiger partial charge in [-0.3, -0.25) is 0 Å². The van der Waals surface area contributed by atoms with Gasteiger partial charge in [0.15, 0.2) is 0 Å². The van der Waals surface area contributed by atoms with Crippen molar-refractivity contribution in [1.82, 2.24) is 0 Å². The summed E-state index contributed by atoms with van der Waals surface area (Å²) in [5.74, 6) is -1.21. The number of methoxy groups -OCH3 is 2. The lowest BCUT2D eigenvalue weighted by Gasteiger charge is -2.39. The third-order valence-electron chi connectivity index (χ3n) is 4.29. The first kappa shape index (κ1) is 21.6. The molecule has 0 aliphatic rings. The number of benzene rings is 3. The molecule has 3 rings (SSSR count). The van der Waals surface area contributed by atoms with E-state index in [9.17, 15) is 18.0 Å². The molecule has 0 saturated carbocycles. The molecule has 0 saturated heterocycles. The smallest absolute Gasteiger partial charge is 0.491 e. The van der Waals surface area contributed by atoms with Crippen molar-refractivity contribution < 1.29 is 31.6 Å². The highest BCUT2D eigenvalue weighted by Crippen LogP contribution is 2.69. The van der Waals surface area contributed by atoms with Gasteiger partial charge in [-0.25, -0.2) is 4.79 Å². The fraction of sp³-hybridized carbons (Fsp3) is 0.136. The van der Waals surface area contributed by atoms with E-state index in [1.54, 1.807) is 78.9 Å². The average molecular weight is 436 g/mol. The van der Waals surface area contributed by atoms with Crippen LogP contribution in [0.2, 0.25) is 0 Å². The summed E-state index contributed by atoms with van der Waals surface area (Å²) in [4.78, 5) is 13.3. The number of hydrogen-bond donors (Lipinski definition) is 0. The summed E-state index contributed by atoms with van der Waals surface area (Å²) < 4.78 is 55.5. The van der Waals surface area contributed by atoms with Crippen molar-refractivity contribution in [3.05, 3.63) is 78.9 Å². The van der Waals surface area contributed by atoms with Crippen LogP contribution in [0.4, 0.5) is 13.2 Å². The van der Waals surface area contributed by atoms with Crippen LogP contribution in [0.5, 0.6) is 11.5 Å². The van der Waals surface area contributed by atoms with Gasteiger partial charge in [0.05, 0.1) is 14.2 Å². The summed E-state index contributed by atoms with van der Waals surface area (Å²) >= 11 is 0. The average Bonchev–Trinajstić information content (AvgIpc) is 2.77. The van der Waals surface area contributed by atoms with E-state index in [1.165, 1.54) is 14.2 Å². The van der Waals surface area contributed by atoms with E-state index in [0.29, 0.717) is 26.2 Å². The van der Waals surface area contributed by atoms with Crippen molar-refractivity contribution in [2.24, 2.45) is 0 Å². The lowest BCUT2D eigenvalue weighted by molar-refractivity contribution is -0.188. The Kier molecular flexibility index (Phi) is 6.26. The maximum atomic E-state index is 13.3. The lowest BCUT2D eigenvalue weighted by Crippen LogP contribution is -2.27. The molecule has 158 valence electrons. The number of hydrogen-bond acceptors (Lipinski definition) is 4. The molecular formula is C22H19F3O4S. The van der Waals surface area contributed by atoms with Crippen LogP contribution in [0.25, 0.3) is 0 Å². The minimum Gasteiger partial charge on any atom is -0.497 e. The Balaban J connectivity index is 2.30.